The smallest absolute Gasteiger partial charge is 0.000473 e. The number of hydrogen-bond acceptors (Lipinski definition) is 0. The molecule has 0 saturated carbocycles. The molecule has 0 aromatic heterocycles. The van der Waals surface area contributed by atoms with Crippen LogP contribution in [-0.4, -0.2) is 4.43 Å². The van der Waals surface area contributed by atoms with Crippen molar-refractivity contribution in [3.05, 3.63) is 24.3 Å². The summed E-state index contributed by atoms with van der Waals surface area (Å²) < 4.78 is 1.33. The van der Waals surface area contributed by atoms with Crippen LogP contribution >= 0.6 is 22.6 Å². The van der Waals surface area contributed by atoms with Gasteiger partial charge in [0, 0.05) is 0 Å². The fourth-order valence-corrected chi connectivity index (χ4v) is 2.45. The second kappa shape index (κ2) is 17.2. The third kappa shape index (κ3) is 16.2. The van der Waals surface area contributed by atoms with Crippen LogP contribution in [0.2, 0.25) is 0 Å². The van der Waals surface area contributed by atoms with Crippen LogP contribution in [0.5, 0.6) is 0 Å². The molecule has 0 bridgehead atoms. The predicted molar refractivity (Wildman–Crippen MR) is 93.6 cm³/mol. The first-order valence-electron chi connectivity index (χ1n) is 7.79. The van der Waals surface area contributed by atoms with E-state index in [1.807, 2.05) is 0 Å². The molecule has 0 atom stereocenters. The first-order chi connectivity index (χ1) is 8.91. The Morgan fingerprint density at radius 2 is 1.17 bits per heavy atom. The summed E-state index contributed by atoms with van der Waals surface area (Å²) in [4.78, 5) is 0. The molecule has 0 spiro atoms. The van der Waals surface area contributed by atoms with E-state index in [4.69, 9.17) is 0 Å². The molecule has 0 nitrogen and oxygen atoms in total. The van der Waals surface area contributed by atoms with Crippen LogP contribution in [0.15, 0.2) is 24.3 Å². The van der Waals surface area contributed by atoms with Gasteiger partial charge in [-0.3, -0.25) is 0 Å². The molecule has 0 aromatic rings. The number of unbranched alkanes of at least 4 members (excludes halogenated alkanes) is 9. The molecule has 0 fully saturated rings. The lowest BCUT2D eigenvalue weighted by Crippen LogP contribution is -1.80. The molecule has 0 amide bonds. The molecule has 0 N–H and O–H groups in total. The Kier molecular flexibility index (Phi) is 17.4. The van der Waals surface area contributed by atoms with E-state index in [9.17, 15) is 0 Å². The molecule has 0 aliphatic heterocycles. The zero-order valence-corrected chi connectivity index (χ0v) is 14.3. The molecule has 0 aromatic carbocycles. The third-order valence-corrected chi connectivity index (χ3v) is 3.87. The van der Waals surface area contributed by atoms with E-state index >= 15 is 0 Å². The van der Waals surface area contributed by atoms with Crippen LogP contribution in [-0.2, 0) is 0 Å². The second-order valence-corrected chi connectivity index (χ2v) is 6.03. The SMILES string of the molecule is CCCC/C=C/C=C/CCCCCCCCCI. The van der Waals surface area contributed by atoms with Crippen molar-refractivity contribution in [2.45, 2.75) is 77.6 Å². The van der Waals surface area contributed by atoms with E-state index in [-0.39, 0.29) is 0 Å². The first kappa shape index (κ1) is 18.2. The number of allylic oxidation sites excluding steroid dienone is 4. The Hall–Kier alpha value is 0.210. The number of hydrogen-bond donors (Lipinski definition) is 0. The molecule has 18 heavy (non-hydrogen) atoms. The van der Waals surface area contributed by atoms with Crippen LogP contribution < -0.4 is 0 Å². The molecular weight excluding hydrogens is 331 g/mol. The molecule has 0 rings (SSSR count). The van der Waals surface area contributed by atoms with Gasteiger partial charge in [0.1, 0.15) is 0 Å². The third-order valence-electron chi connectivity index (χ3n) is 3.11. The van der Waals surface area contributed by atoms with E-state index < -0.39 is 0 Å². The fourth-order valence-electron chi connectivity index (χ4n) is 1.91. The highest BCUT2D eigenvalue weighted by atomic mass is 127. The molecule has 0 aliphatic carbocycles. The van der Waals surface area contributed by atoms with E-state index in [2.05, 4.69) is 53.8 Å². The molecule has 0 aliphatic rings. The summed E-state index contributed by atoms with van der Waals surface area (Å²) in [5.74, 6) is 0. The minimum Gasteiger partial charge on any atom is -0.0864 e. The highest BCUT2D eigenvalue weighted by Gasteiger charge is 1.90. The predicted octanol–water partition coefficient (Wildman–Crippen LogP) is 6.84. The zero-order chi connectivity index (χ0) is 13.3. The van der Waals surface area contributed by atoms with E-state index in [0.717, 1.165) is 0 Å². The quantitative estimate of drug-likeness (QED) is 0.146. The second-order valence-electron chi connectivity index (χ2n) is 4.95. The van der Waals surface area contributed by atoms with Crippen molar-refractivity contribution in [1.82, 2.24) is 0 Å². The van der Waals surface area contributed by atoms with Crippen LogP contribution in [0.4, 0.5) is 0 Å². The molecule has 0 saturated heterocycles. The van der Waals surface area contributed by atoms with Crippen molar-refractivity contribution in [2.24, 2.45) is 0 Å². The van der Waals surface area contributed by atoms with Gasteiger partial charge in [0.15, 0.2) is 0 Å². The van der Waals surface area contributed by atoms with Gasteiger partial charge in [0.25, 0.3) is 0 Å². The van der Waals surface area contributed by atoms with Gasteiger partial charge < -0.3 is 0 Å². The van der Waals surface area contributed by atoms with Crippen molar-refractivity contribution < 1.29 is 0 Å². The van der Waals surface area contributed by atoms with E-state index in [1.54, 1.807) is 0 Å². The highest BCUT2D eigenvalue weighted by Crippen LogP contribution is 2.09. The van der Waals surface area contributed by atoms with Gasteiger partial charge in [-0.05, 0) is 30.1 Å². The monoisotopic (exact) mass is 362 g/mol. The molecule has 1 heteroatoms. The first-order valence-corrected chi connectivity index (χ1v) is 9.32. The maximum absolute atomic E-state index is 2.47. The van der Waals surface area contributed by atoms with Crippen LogP contribution in [0.3, 0.4) is 0 Å². The van der Waals surface area contributed by atoms with Gasteiger partial charge in [0.2, 0.25) is 0 Å². The Bertz CT molecular complexity index is 194. The summed E-state index contributed by atoms with van der Waals surface area (Å²) in [7, 11) is 0. The van der Waals surface area contributed by atoms with Crippen molar-refractivity contribution in [3.8, 4) is 0 Å². The Labute approximate surface area is 128 Å². The molecular formula is C17H31I. The minimum absolute atomic E-state index is 1.23. The maximum atomic E-state index is 2.47. The molecule has 0 unspecified atom stereocenters. The van der Waals surface area contributed by atoms with Crippen molar-refractivity contribution in [2.75, 3.05) is 4.43 Å². The molecule has 106 valence electrons. The van der Waals surface area contributed by atoms with Crippen LogP contribution in [0.1, 0.15) is 77.6 Å². The summed E-state index contributed by atoms with van der Waals surface area (Å²) >= 11 is 2.47. The average molecular weight is 362 g/mol. The van der Waals surface area contributed by atoms with Crippen LogP contribution in [0.25, 0.3) is 0 Å². The topological polar surface area (TPSA) is 0 Å². The summed E-state index contributed by atoms with van der Waals surface area (Å²) in [5, 5.41) is 0. The van der Waals surface area contributed by atoms with Crippen LogP contribution in [0, 0.1) is 0 Å². The lowest BCUT2D eigenvalue weighted by atomic mass is 10.1. The number of rotatable bonds is 13. The summed E-state index contributed by atoms with van der Waals surface area (Å²) in [6, 6.07) is 0. The standard InChI is InChI=1S/C17H31I/c1-2-3-4-5-6-7-8-9-10-11-12-13-14-15-16-17-18/h5-8H,2-4,9-17H2,1H3/b6-5+,8-7+. The normalized spacial score (nSPS) is 11.9. The van der Waals surface area contributed by atoms with Crippen molar-refractivity contribution in [1.29, 1.82) is 0 Å². The van der Waals surface area contributed by atoms with E-state index in [1.165, 1.54) is 75.1 Å². The molecule has 0 heterocycles. The fraction of sp³-hybridized carbons (Fsp3) is 0.765. The van der Waals surface area contributed by atoms with Gasteiger partial charge in [-0.25, -0.2) is 0 Å². The van der Waals surface area contributed by atoms with Crippen molar-refractivity contribution in [3.63, 3.8) is 0 Å². The summed E-state index contributed by atoms with van der Waals surface area (Å²) in [6.45, 7) is 2.24. The highest BCUT2D eigenvalue weighted by molar-refractivity contribution is 14.1. The Balaban J connectivity index is 3.10. The Morgan fingerprint density at radius 3 is 1.72 bits per heavy atom. The van der Waals surface area contributed by atoms with Gasteiger partial charge >= 0.3 is 0 Å². The average Bonchev–Trinajstić information content (AvgIpc) is 2.39. The van der Waals surface area contributed by atoms with Crippen molar-refractivity contribution >= 4 is 22.6 Å². The van der Waals surface area contributed by atoms with E-state index in [0.29, 0.717) is 0 Å². The zero-order valence-electron chi connectivity index (χ0n) is 12.2. The van der Waals surface area contributed by atoms with Gasteiger partial charge in [-0.1, -0.05) is 98.8 Å². The summed E-state index contributed by atoms with van der Waals surface area (Å²) in [5.41, 5.74) is 0. The minimum atomic E-state index is 1.23. The van der Waals surface area contributed by atoms with Gasteiger partial charge in [0.05, 0.1) is 0 Å². The maximum Gasteiger partial charge on any atom is -0.000473 e. The number of alkyl halides is 1. The lowest BCUT2D eigenvalue weighted by Gasteiger charge is -1.99. The van der Waals surface area contributed by atoms with Gasteiger partial charge in [-0.2, -0.15) is 0 Å². The lowest BCUT2D eigenvalue weighted by molar-refractivity contribution is 0.594. The summed E-state index contributed by atoms with van der Waals surface area (Å²) in [6.07, 6.45) is 24.1. The van der Waals surface area contributed by atoms with Gasteiger partial charge in [-0.15, -0.1) is 0 Å². The largest absolute Gasteiger partial charge is 0.0864 e. The molecule has 0 radical (unpaired) electrons. The number of halogens is 1. The Morgan fingerprint density at radius 1 is 0.667 bits per heavy atom.